The molecule has 0 saturated carbocycles. The molecule has 1 atom stereocenters. The second kappa shape index (κ2) is 6.65. The van der Waals surface area contributed by atoms with E-state index in [9.17, 15) is 0 Å². The van der Waals surface area contributed by atoms with Crippen LogP contribution < -0.4 is 0 Å². The van der Waals surface area contributed by atoms with Crippen LogP contribution in [0.5, 0.6) is 0 Å². The van der Waals surface area contributed by atoms with Crippen LogP contribution in [0.2, 0.25) is 0 Å². The lowest BCUT2D eigenvalue weighted by atomic mass is 10.1. The molecule has 4 rings (SSSR count). The molecule has 0 N–H and O–H groups in total. The molecule has 1 saturated heterocycles. The van der Waals surface area contributed by atoms with Gasteiger partial charge in [-0.1, -0.05) is 23.8 Å². The number of benzene rings is 1. The first-order valence-corrected chi connectivity index (χ1v) is 9.03. The minimum Gasteiger partial charge on any atom is -0.370 e. The second-order valence-corrected chi connectivity index (χ2v) is 7.08. The fraction of sp³-hybridized carbons (Fsp3) is 0.579. The smallest absolute Gasteiger partial charge is 0.162 e. The van der Waals surface area contributed by atoms with Crippen LogP contribution in [-0.4, -0.2) is 39.4 Å². The van der Waals surface area contributed by atoms with E-state index in [2.05, 4.69) is 51.7 Å². The minimum atomic E-state index is 0.150. The number of nitrogens with zero attached hydrogens (tertiary/aromatic N) is 4. The molecule has 3 heterocycles. The summed E-state index contributed by atoms with van der Waals surface area (Å²) >= 11 is 0. The lowest BCUT2D eigenvalue weighted by Gasteiger charge is -2.21. The van der Waals surface area contributed by atoms with Crippen molar-refractivity contribution in [1.29, 1.82) is 0 Å². The van der Waals surface area contributed by atoms with E-state index in [-0.39, 0.29) is 6.10 Å². The Balaban J connectivity index is 1.47. The van der Waals surface area contributed by atoms with E-state index in [0.29, 0.717) is 0 Å². The predicted molar refractivity (Wildman–Crippen MR) is 92.8 cm³/mol. The Bertz CT molecular complexity index is 718. The predicted octanol–water partition coefficient (Wildman–Crippen LogP) is 2.80. The van der Waals surface area contributed by atoms with Crippen molar-refractivity contribution in [3.63, 3.8) is 0 Å². The Kier molecular flexibility index (Phi) is 4.37. The molecule has 0 spiro atoms. The van der Waals surface area contributed by atoms with Gasteiger partial charge in [0.2, 0.25) is 0 Å². The number of fused-ring (bicyclic) bond motifs is 1. The summed E-state index contributed by atoms with van der Waals surface area (Å²) in [7, 11) is 0. The summed E-state index contributed by atoms with van der Waals surface area (Å²) in [4.78, 5) is 2.53. The Morgan fingerprint density at radius 2 is 2.08 bits per heavy atom. The van der Waals surface area contributed by atoms with Crippen LogP contribution in [-0.2, 0) is 24.2 Å². The topological polar surface area (TPSA) is 43.2 Å². The first-order valence-electron chi connectivity index (χ1n) is 9.03. The summed E-state index contributed by atoms with van der Waals surface area (Å²) in [5.41, 5.74) is 4.15. The van der Waals surface area contributed by atoms with Crippen molar-refractivity contribution in [2.75, 3.05) is 19.7 Å². The molecule has 0 radical (unpaired) electrons. The van der Waals surface area contributed by atoms with Crippen molar-refractivity contribution in [2.45, 2.75) is 52.3 Å². The monoisotopic (exact) mass is 326 g/mol. The zero-order chi connectivity index (χ0) is 16.5. The van der Waals surface area contributed by atoms with Crippen LogP contribution in [0.25, 0.3) is 0 Å². The summed E-state index contributed by atoms with van der Waals surface area (Å²) in [5.74, 6) is 2.15. The number of hydrogen-bond acceptors (Lipinski definition) is 4. The summed E-state index contributed by atoms with van der Waals surface area (Å²) in [6, 6.07) is 6.76. The van der Waals surface area contributed by atoms with Crippen molar-refractivity contribution in [3.05, 3.63) is 46.5 Å². The highest BCUT2D eigenvalue weighted by Gasteiger charge is 2.27. The quantitative estimate of drug-likeness (QED) is 0.870. The molecule has 0 aliphatic carbocycles. The molecule has 2 aliphatic heterocycles. The number of aromatic nitrogens is 3. The average molecular weight is 326 g/mol. The van der Waals surface area contributed by atoms with Gasteiger partial charge in [-0.25, -0.2) is 0 Å². The Morgan fingerprint density at radius 3 is 2.88 bits per heavy atom. The normalized spacial score (nSPS) is 21.7. The first-order chi connectivity index (χ1) is 11.7. The molecule has 5 nitrogen and oxygen atoms in total. The molecule has 0 amide bonds. The van der Waals surface area contributed by atoms with Crippen LogP contribution in [0.15, 0.2) is 18.2 Å². The summed E-state index contributed by atoms with van der Waals surface area (Å²) in [6.45, 7) is 9.27. The molecule has 1 unspecified atom stereocenters. The van der Waals surface area contributed by atoms with Gasteiger partial charge in [0.15, 0.2) is 5.82 Å². The third-order valence-electron chi connectivity index (χ3n) is 5.26. The van der Waals surface area contributed by atoms with Crippen LogP contribution >= 0.6 is 0 Å². The maximum atomic E-state index is 5.82. The van der Waals surface area contributed by atoms with Crippen molar-refractivity contribution in [3.8, 4) is 0 Å². The molecular formula is C19H26N4O. The fourth-order valence-corrected chi connectivity index (χ4v) is 3.83. The molecule has 1 aromatic heterocycles. The Morgan fingerprint density at radius 1 is 1.17 bits per heavy atom. The van der Waals surface area contributed by atoms with E-state index < -0.39 is 0 Å². The third-order valence-corrected chi connectivity index (χ3v) is 5.26. The van der Waals surface area contributed by atoms with E-state index >= 15 is 0 Å². The van der Waals surface area contributed by atoms with Gasteiger partial charge in [-0.05, 0) is 37.8 Å². The van der Waals surface area contributed by atoms with Gasteiger partial charge in [0.1, 0.15) is 11.9 Å². The van der Waals surface area contributed by atoms with Gasteiger partial charge in [-0.2, -0.15) is 0 Å². The molecule has 2 aliphatic rings. The van der Waals surface area contributed by atoms with E-state index in [1.165, 1.54) is 16.7 Å². The molecule has 0 bridgehead atoms. The highest BCUT2D eigenvalue weighted by molar-refractivity contribution is 5.30. The third kappa shape index (κ3) is 3.10. The maximum absolute atomic E-state index is 5.82. The van der Waals surface area contributed by atoms with E-state index in [4.69, 9.17) is 4.74 Å². The SMILES string of the molecule is Cc1ccc(CN2CCc3nnc(C4CCCO4)n3CC2)c(C)c1. The van der Waals surface area contributed by atoms with E-state index in [1.54, 1.807) is 0 Å². The maximum Gasteiger partial charge on any atom is 0.162 e. The molecular weight excluding hydrogens is 300 g/mol. The van der Waals surface area contributed by atoms with Gasteiger partial charge in [0, 0.05) is 39.2 Å². The van der Waals surface area contributed by atoms with Gasteiger partial charge in [0.25, 0.3) is 0 Å². The fourth-order valence-electron chi connectivity index (χ4n) is 3.83. The molecule has 24 heavy (non-hydrogen) atoms. The lowest BCUT2D eigenvalue weighted by Crippen LogP contribution is -2.27. The van der Waals surface area contributed by atoms with Crippen molar-refractivity contribution in [1.82, 2.24) is 19.7 Å². The van der Waals surface area contributed by atoms with Gasteiger partial charge in [-0.3, -0.25) is 4.90 Å². The lowest BCUT2D eigenvalue weighted by molar-refractivity contribution is 0.101. The summed E-state index contributed by atoms with van der Waals surface area (Å²) in [5, 5.41) is 8.86. The van der Waals surface area contributed by atoms with Crippen molar-refractivity contribution < 1.29 is 4.74 Å². The molecule has 1 fully saturated rings. The molecule has 128 valence electrons. The molecule has 5 heteroatoms. The van der Waals surface area contributed by atoms with Crippen LogP contribution in [0.1, 0.15) is 47.3 Å². The zero-order valence-electron chi connectivity index (χ0n) is 14.7. The van der Waals surface area contributed by atoms with Crippen LogP contribution in [0, 0.1) is 13.8 Å². The Hall–Kier alpha value is -1.72. The molecule has 2 aromatic rings. The highest BCUT2D eigenvalue weighted by atomic mass is 16.5. The average Bonchev–Trinajstić information content (AvgIpc) is 3.17. The number of ether oxygens (including phenoxy) is 1. The van der Waals surface area contributed by atoms with Gasteiger partial charge >= 0.3 is 0 Å². The number of aryl methyl sites for hydroxylation is 2. The number of hydrogen-bond donors (Lipinski definition) is 0. The molecule has 1 aromatic carbocycles. The summed E-state index contributed by atoms with van der Waals surface area (Å²) < 4.78 is 8.12. The summed E-state index contributed by atoms with van der Waals surface area (Å²) in [6.07, 6.45) is 3.32. The first kappa shape index (κ1) is 15.8. The van der Waals surface area contributed by atoms with Gasteiger partial charge < -0.3 is 9.30 Å². The van der Waals surface area contributed by atoms with Crippen LogP contribution in [0.3, 0.4) is 0 Å². The van der Waals surface area contributed by atoms with Crippen LogP contribution in [0.4, 0.5) is 0 Å². The van der Waals surface area contributed by atoms with Gasteiger partial charge in [0.05, 0.1) is 0 Å². The minimum absolute atomic E-state index is 0.150. The van der Waals surface area contributed by atoms with Crippen molar-refractivity contribution >= 4 is 0 Å². The largest absolute Gasteiger partial charge is 0.370 e. The van der Waals surface area contributed by atoms with E-state index in [1.807, 2.05) is 0 Å². The van der Waals surface area contributed by atoms with Crippen molar-refractivity contribution in [2.24, 2.45) is 0 Å². The second-order valence-electron chi connectivity index (χ2n) is 7.08. The zero-order valence-corrected chi connectivity index (χ0v) is 14.7. The standard InChI is InChI=1S/C19H26N4O/c1-14-5-6-16(15(2)12-14)13-22-8-7-18-20-21-19(23(18)10-9-22)17-4-3-11-24-17/h5-6,12,17H,3-4,7-11,13H2,1-2H3. The Labute approximate surface area is 143 Å². The number of rotatable bonds is 3. The highest BCUT2D eigenvalue weighted by Crippen LogP contribution is 2.28. The van der Waals surface area contributed by atoms with E-state index in [0.717, 1.165) is 63.7 Å². The van der Waals surface area contributed by atoms with Gasteiger partial charge in [-0.15, -0.1) is 10.2 Å².